The van der Waals surface area contributed by atoms with E-state index in [9.17, 15) is 22.8 Å². The van der Waals surface area contributed by atoms with Gasteiger partial charge in [0.15, 0.2) is 0 Å². The molecular weight excluding hydrogens is 273 g/mol. The van der Waals surface area contributed by atoms with Gasteiger partial charge in [-0.15, -0.1) is 0 Å². The van der Waals surface area contributed by atoms with E-state index in [1.165, 1.54) is 0 Å². The molecule has 0 bridgehead atoms. The zero-order valence-electron chi connectivity index (χ0n) is 10.5. The van der Waals surface area contributed by atoms with E-state index >= 15 is 0 Å². The summed E-state index contributed by atoms with van der Waals surface area (Å²) < 4.78 is 37.6. The van der Waals surface area contributed by atoms with Crippen LogP contribution in [0.3, 0.4) is 0 Å². The second-order valence-corrected chi connectivity index (χ2v) is 4.65. The van der Waals surface area contributed by atoms with Crippen molar-refractivity contribution in [3.8, 4) is 0 Å². The Hall–Kier alpha value is -2.05. The van der Waals surface area contributed by atoms with E-state index < -0.39 is 23.2 Å². The maximum Gasteiger partial charge on any atom is 0.417 e. The molecule has 0 spiro atoms. The number of nitrogens with one attached hydrogen (secondary N) is 2. The third-order valence-electron chi connectivity index (χ3n) is 3.06. The number of hydrogen-bond acceptors (Lipinski definition) is 2. The van der Waals surface area contributed by atoms with Crippen LogP contribution in [0.5, 0.6) is 0 Å². The topological polar surface area (TPSA) is 62.0 Å². The Balaban J connectivity index is 2.10. The Morgan fingerprint density at radius 2 is 2.20 bits per heavy atom. The number of rotatable bonds is 3. The third-order valence-corrected chi connectivity index (χ3v) is 3.06. The zero-order chi connectivity index (χ0) is 14.8. The fourth-order valence-electron chi connectivity index (χ4n) is 2.04. The standard InChI is InChI=1S/C13H13F3N2O2/c14-13(15,16)9-6-10(12(20)17-7-9)18-11(19)5-8-3-1-2-4-8/h1,3,6-8H,2,4-5H2,(H,17,20)(H,18,19)/t8-/m0/s1. The lowest BCUT2D eigenvalue weighted by atomic mass is 10.1. The number of halogens is 3. The predicted molar refractivity (Wildman–Crippen MR) is 67.2 cm³/mol. The van der Waals surface area contributed by atoms with E-state index in [1.54, 1.807) is 0 Å². The largest absolute Gasteiger partial charge is 0.417 e. The average Bonchev–Trinajstić information content (AvgIpc) is 2.83. The van der Waals surface area contributed by atoms with Crippen molar-refractivity contribution in [3.05, 3.63) is 40.3 Å². The Morgan fingerprint density at radius 1 is 1.45 bits per heavy atom. The predicted octanol–water partition coefficient (Wildman–Crippen LogP) is 2.69. The van der Waals surface area contributed by atoms with Gasteiger partial charge in [-0.3, -0.25) is 9.59 Å². The molecule has 2 N–H and O–H groups in total. The minimum Gasteiger partial charge on any atom is -0.327 e. The van der Waals surface area contributed by atoms with E-state index in [4.69, 9.17) is 0 Å². The first kappa shape index (κ1) is 14.4. The van der Waals surface area contributed by atoms with Gasteiger partial charge in [0, 0.05) is 12.6 Å². The van der Waals surface area contributed by atoms with Gasteiger partial charge in [-0.25, -0.2) is 0 Å². The van der Waals surface area contributed by atoms with Crippen molar-refractivity contribution < 1.29 is 18.0 Å². The van der Waals surface area contributed by atoms with Gasteiger partial charge in [-0.2, -0.15) is 13.2 Å². The molecule has 1 aromatic heterocycles. The molecule has 0 fully saturated rings. The first-order valence-electron chi connectivity index (χ1n) is 6.12. The first-order valence-corrected chi connectivity index (χ1v) is 6.12. The van der Waals surface area contributed by atoms with Gasteiger partial charge in [-0.05, 0) is 24.8 Å². The summed E-state index contributed by atoms with van der Waals surface area (Å²) in [6.07, 6.45) is 1.75. The summed E-state index contributed by atoms with van der Waals surface area (Å²) in [5, 5.41) is 2.23. The molecule has 0 saturated carbocycles. The number of anilines is 1. The van der Waals surface area contributed by atoms with Gasteiger partial charge >= 0.3 is 6.18 Å². The van der Waals surface area contributed by atoms with E-state index in [-0.39, 0.29) is 18.0 Å². The highest BCUT2D eigenvalue weighted by Gasteiger charge is 2.31. The summed E-state index contributed by atoms with van der Waals surface area (Å²) in [6.45, 7) is 0. The zero-order valence-corrected chi connectivity index (χ0v) is 10.5. The number of alkyl halides is 3. The summed E-state index contributed by atoms with van der Waals surface area (Å²) >= 11 is 0. The fraction of sp³-hybridized carbons (Fsp3) is 0.385. The number of aromatic nitrogens is 1. The van der Waals surface area contributed by atoms with Crippen molar-refractivity contribution in [1.29, 1.82) is 0 Å². The maximum absolute atomic E-state index is 12.5. The average molecular weight is 286 g/mol. The number of hydrogen-bond donors (Lipinski definition) is 2. The van der Waals surface area contributed by atoms with Gasteiger partial charge in [0.2, 0.25) is 5.91 Å². The molecule has 4 nitrogen and oxygen atoms in total. The number of pyridine rings is 1. The molecule has 7 heteroatoms. The Bertz CT molecular complexity index is 590. The van der Waals surface area contributed by atoms with Gasteiger partial charge in [-0.1, -0.05) is 12.2 Å². The number of amides is 1. The molecule has 1 aliphatic carbocycles. The van der Waals surface area contributed by atoms with E-state index in [0.717, 1.165) is 12.8 Å². The molecule has 0 radical (unpaired) electrons. The van der Waals surface area contributed by atoms with Gasteiger partial charge in [0.1, 0.15) is 5.69 Å². The Labute approximate surface area is 112 Å². The monoisotopic (exact) mass is 286 g/mol. The number of carbonyl (C=O) groups is 1. The van der Waals surface area contributed by atoms with Crippen molar-refractivity contribution in [1.82, 2.24) is 4.98 Å². The lowest BCUT2D eigenvalue weighted by Gasteiger charge is -2.10. The van der Waals surface area contributed by atoms with E-state index in [2.05, 4.69) is 5.32 Å². The molecule has 0 unspecified atom stereocenters. The molecule has 1 aliphatic rings. The highest BCUT2D eigenvalue weighted by atomic mass is 19.4. The number of H-pyrrole nitrogens is 1. The van der Waals surface area contributed by atoms with Gasteiger partial charge in [0.25, 0.3) is 5.56 Å². The van der Waals surface area contributed by atoms with Crippen LogP contribution in [-0.4, -0.2) is 10.9 Å². The van der Waals surface area contributed by atoms with Crippen LogP contribution < -0.4 is 10.9 Å². The van der Waals surface area contributed by atoms with Crippen molar-refractivity contribution in [2.75, 3.05) is 5.32 Å². The van der Waals surface area contributed by atoms with Crippen molar-refractivity contribution in [2.24, 2.45) is 5.92 Å². The van der Waals surface area contributed by atoms with E-state index in [0.29, 0.717) is 12.3 Å². The molecule has 0 aliphatic heterocycles. The molecule has 1 amide bonds. The normalized spacial score (nSPS) is 18.2. The van der Waals surface area contributed by atoms with Crippen LogP contribution in [0.1, 0.15) is 24.8 Å². The maximum atomic E-state index is 12.5. The molecule has 1 atom stereocenters. The van der Waals surface area contributed by atoms with Crippen LogP contribution >= 0.6 is 0 Å². The lowest BCUT2D eigenvalue weighted by molar-refractivity contribution is -0.137. The minimum absolute atomic E-state index is 0.0832. The highest BCUT2D eigenvalue weighted by molar-refractivity contribution is 5.90. The quantitative estimate of drug-likeness (QED) is 0.839. The molecule has 1 heterocycles. The summed E-state index contributed by atoms with van der Waals surface area (Å²) in [5.41, 5.74) is -2.15. The first-order chi connectivity index (χ1) is 9.36. The molecule has 0 aromatic carbocycles. The Kier molecular flexibility index (Phi) is 3.96. The van der Waals surface area contributed by atoms with Crippen LogP contribution in [0.15, 0.2) is 29.2 Å². The number of allylic oxidation sites excluding steroid dienone is 2. The van der Waals surface area contributed by atoms with Crippen LogP contribution in [0, 0.1) is 5.92 Å². The second kappa shape index (κ2) is 5.52. The van der Waals surface area contributed by atoms with Crippen LogP contribution in [0.25, 0.3) is 0 Å². The smallest absolute Gasteiger partial charge is 0.327 e. The van der Waals surface area contributed by atoms with Crippen molar-refractivity contribution in [2.45, 2.75) is 25.4 Å². The summed E-state index contributed by atoms with van der Waals surface area (Å²) in [5.74, 6) is -0.383. The number of aromatic amines is 1. The van der Waals surface area contributed by atoms with Crippen LogP contribution in [0.2, 0.25) is 0 Å². The van der Waals surface area contributed by atoms with Crippen molar-refractivity contribution >= 4 is 11.6 Å². The molecular formula is C13H13F3N2O2. The summed E-state index contributed by atoms with van der Waals surface area (Å²) in [6, 6.07) is 0.640. The van der Waals surface area contributed by atoms with Crippen molar-refractivity contribution in [3.63, 3.8) is 0 Å². The third kappa shape index (κ3) is 3.49. The Morgan fingerprint density at radius 3 is 2.80 bits per heavy atom. The summed E-state index contributed by atoms with van der Waals surface area (Å²) in [4.78, 5) is 25.1. The second-order valence-electron chi connectivity index (χ2n) is 4.65. The molecule has 20 heavy (non-hydrogen) atoms. The molecule has 0 saturated heterocycles. The summed E-state index contributed by atoms with van der Waals surface area (Å²) in [7, 11) is 0. The lowest BCUT2D eigenvalue weighted by Crippen LogP contribution is -2.22. The van der Waals surface area contributed by atoms with Gasteiger partial charge in [0.05, 0.1) is 5.56 Å². The van der Waals surface area contributed by atoms with Crippen LogP contribution in [0.4, 0.5) is 18.9 Å². The highest BCUT2D eigenvalue weighted by Crippen LogP contribution is 2.29. The van der Waals surface area contributed by atoms with Crippen LogP contribution in [-0.2, 0) is 11.0 Å². The number of carbonyl (C=O) groups excluding carboxylic acids is 1. The minimum atomic E-state index is -4.57. The van der Waals surface area contributed by atoms with E-state index in [1.807, 2.05) is 17.1 Å². The SMILES string of the molecule is O=C(C[C@H]1C=CCC1)Nc1cc(C(F)(F)F)c[nH]c1=O. The fourth-order valence-corrected chi connectivity index (χ4v) is 2.04. The molecule has 108 valence electrons. The molecule has 2 rings (SSSR count). The van der Waals surface area contributed by atoms with Gasteiger partial charge < -0.3 is 10.3 Å². The molecule has 1 aromatic rings.